The second kappa shape index (κ2) is 9.03. The van der Waals surface area contributed by atoms with Crippen LogP contribution in [-0.2, 0) is 31.0 Å². The molecule has 0 bridgehead atoms. The number of hydrogen-bond donors (Lipinski definition) is 1. The molecule has 2 aromatic carbocycles. The van der Waals surface area contributed by atoms with Crippen LogP contribution in [0, 0.1) is 0 Å². The number of fused-ring (bicyclic) bond motifs is 1. The second-order valence-corrected chi connectivity index (χ2v) is 8.91. The van der Waals surface area contributed by atoms with Crippen molar-refractivity contribution in [1.29, 1.82) is 0 Å². The first kappa shape index (κ1) is 23.1. The highest BCUT2D eigenvalue weighted by molar-refractivity contribution is 7.15. The average Bonchev–Trinajstić information content (AvgIpc) is 3.30. The molecule has 0 saturated carbocycles. The van der Waals surface area contributed by atoms with E-state index in [0.29, 0.717) is 15.6 Å². The van der Waals surface area contributed by atoms with Crippen LogP contribution in [0.15, 0.2) is 53.5 Å². The van der Waals surface area contributed by atoms with Gasteiger partial charge in [0.15, 0.2) is 5.13 Å². The van der Waals surface area contributed by atoms with Crippen LogP contribution < -0.4 is 11.0 Å². The quantitative estimate of drug-likeness (QED) is 0.406. The molecule has 2 aromatic heterocycles. The van der Waals surface area contributed by atoms with Crippen molar-refractivity contribution in [1.82, 2.24) is 14.1 Å². The van der Waals surface area contributed by atoms with Crippen LogP contribution in [0.4, 0.5) is 18.3 Å². The van der Waals surface area contributed by atoms with Crippen molar-refractivity contribution >= 4 is 45.0 Å². The van der Waals surface area contributed by atoms with Crippen molar-refractivity contribution in [2.45, 2.75) is 25.6 Å². The van der Waals surface area contributed by atoms with Crippen LogP contribution >= 0.6 is 22.9 Å². The van der Waals surface area contributed by atoms with Gasteiger partial charge < -0.3 is 5.32 Å². The molecule has 0 fully saturated rings. The lowest BCUT2D eigenvalue weighted by atomic mass is 10.1. The summed E-state index contributed by atoms with van der Waals surface area (Å²) >= 11 is 7.21. The third-order valence-electron chi connectivity index (χ3n) is 5.15. The van der Waals surface area contributed by atoms with Gasteiger partial charge in [0.1, 0.15) is 0 Å². The molecule has 11 heteroatoms. The van der Waals surface area contributed by atoms with Gasteiger partial charge in [-0.25, -0.2) is 9.78 Å². The van der Waals surface area contributed by atoms with E-state index in [4.69, 9.17) is 11.6 Å². The maximum atomic E-state index is 13.0. The average molecular weight is 495 g/mol. The molecular formula is C22H18ClF3N4O2S. The smallest absolute Gasteiger partial charge is 0.302 e. The van der Waals surface area contributed by atoms with Gasteiger partial charge in [0.05, 0.1) is 16.6 Å². The second-order valence-electron chi connectivity index (χ2n) is 7.39. The number of nitrogens with one attached hydrogen (secondary N) is 1. The van der Waals surface area contributed by atoms with E-state index in [1.807, 2.05) is 24.3 Å². The van der Waals surface area contributed by atoms with Crippen LogP contribution in [0.3, 0.4) is 0 Å². The fourth-order valence-electron chi connectivity index (χ4n) is 3.50. The van der Waals surface area contributed by atoms with Gasteiger partial charge in [0.2, 0.25) is 5.91 Å². The molecule has 0 radical (unpaired) electrons. The minimum atomic E-state index is -4.46. The predicted octanol–water partition coefficient (Wildman–Crippen LogP) is 5.09. The Morgan fingerprint density at radius 1 is 1.18 bits per heavy atom. The zero-order chi connectivity index (χ0) is 23.8. The largest absolute Gasteiger partial charge is 0.416 e. The Morgan fingerprint density at radius 3 is 2.64 bits per heavy atom. The van der Waals surface area contributed by atoms with Gasteiger partial charge in [-0.1, -0.05) is 23.7 Å². The number of hydrogen-bond acceptors (Lipinski definition) is 4. The monoisotopic (exact) mass is 494 g/mol. The first-order valence-electron chi connectivity index (χ1n) is 9.88. The highest BCUT2D eigenvalue weighted by Gasteiger charge is 2.31. The summed E-state index contributed by atoms with van der Waals surface area (Å²) in [6.07, 6.45) is -2.76. The SMILES string of the molecule is Cn1c(=O)n(CCC(=O)Nc2ncc(Cc3cc(C(F)(F)F)ccc3Cl)s2)c2ccccc21. The molecule has 172 valence electrons. The molecule has 1 amide bonds. The Hall–Kier alpha value is -3.11. The number of carbonyl (C=O) groups excluding carboxylic acids is 1. The molecule has 2 heterocycles. The third-order valence-corrected chi connectivity index (χ3v) is 6.43. The molecule has 1 N–H and O–H groups in total. The molecule has 0 unspecified atom stereocenters. The highest BCUT2D eigenvalue weighted by Crippen LogP contribution is 2.33. The molecule has 0 aliphatic carbocycles. The minimum absolute atomic E-state index is 0.0578. The summed E-state index contributed by atoms with van der Waals surface area (Å²) in [5.74, 6) is -0.326. The Morgan fingerprint density at radius 2 is 1.91 bits per heavy atom. The summed E-state index contributed by atoms with van der Waals surface area (Å²) in [6.45, 7) is 0.199. The van der Waals surface area contributed by atoms with Gasteiger partial charge in [-0.05, 0) is 35.9 Å². The molecule has 0 atom stereocenters. The summed E-state index contributed by atoms with van der Waals surface area (Å²) in [5, 5.41) is 3.22. The maximum Gasteiger partial charge on any atom is 0.416 e. The Kier molecular flexibility index (Phi) is 6.31. The lowest BCUT2D eigenvalue weighted by Gasteiger charge is -2.09. The topological polar surface area (TPSA) is 68.9 Å². The predicted molar refractivity (Wildman–Crippen MR) is 122 cm³/mol. The number of imidazole rings is 1. The number of anilines is 1. The number of halogens is 4. The summed E-state index contributed by atoms with van der Waals surface area (Å²) in [7, 11) is 1.68. The standard InChI is InChI=1S/C22H18ClF3N4O2S/c1-29-17-4-2-3-5-18(17)30(21(29)32)9-8-19(31)28-20-27-12-15(33-20)11-13-10-14(22(24,25)26)6-7-16(13)23/h2-7,10,12H,8-9,11H2,1H3,(H,27,28,31). The van der Waals surface area contributed by atoms with Crippen molar-refractivity contribution in [2.24, 2.45) is 7.05 Å². The fourth-order valence-corrected chi connectivity index (χ4v) is 4.53. The van der Waals surface area contributed by atoms with E-state index in [-0.39, 0.29) is 36.0 Å². The van der Waals surface area contributed by atoms with Crippen molar-refractivity contribution in [3.8, 4) is 0 Å². The summed E-state index contributed by atoms with van der Waals surface area (Å²) in [5.41, 5.74) is 0.860. The van der Waals surface area contributed by atoms with E-state index >= 15 is 0 Å². The van der Waals surface area contributed by atoms with E-state index in [9.17, 15) is 22.8 Å². The Balaban J connectivity index is 1.41. The maximum absolute atomic E-state index is 13.0. The van der Waals surface area contributed by atoms with Crippen molar-refractivity contribution < 1.29 is 18.0 Å². The molecule has 6 nitrogen and oxygen atoms in total. The molecule has 0 saturated heterocycles. The number of aromatic nitrogens is 3. The van der Waals surface area contributed by atoms with Crippen molar-refractivity contribution in [2.75, 3.05) is 5.32 Å². The normalized spacial score (nSPS) is 11.8. The first-order chi connectivity index (χ1) is 15.6. The third kappa shape index (κ3) is 4.96. The Bertz CT molecular complexity index is 1390. The minimum Gasteiger partial charge on any atom is -0.302 e. The van der Waals surface area contributed by atoms with Crippen LogP contribution in [0.25, 0.3) is 11.0 Å². The number of aryl methyl sites for hydroxylation is 2. The van der Waals surface area contributed by atoms with Gasteiger partial charge in [-0.15, -0.1) is 11.3 Å². The van der Waals surface area contributed by atoms with Gasteiger partial charge in [-0.2, -0.15) is 13.2 Å². The van der Waals surface area contributed by atoms with Gasteiger partial charge in [-0.3, -0.25) is 13.9 Å². The number of rotatable bonds is 6. The van der Waals surface area contributed by atoms with E-state index in [0.717, 1.165) is 34.5 Å². The van der Waals surface area contributed by atoms with E-state index in [1.54, 1.807) is 7.05 Å². The number of thiazole rings is 1. The summed E-state index contributed by atoms with van der Waals surface area (Å²) < 4.78 is 42.0. The van der Waals surface area contributed by atoms with Crippen molar-refractivity contribution in [3.63, 3.8) is 0 Å². The van der Waals surface area contributed by atoms with Crippen LogP contribution in [-0.4, -0.2) is 20.0 Å². The van der Waals surface area contributed by atoms with E-state index in [1.165, 1.54) is 21.4 Å². The molecule has 0 aliphatic heterocycles. The number of benzene rings is 2. The zero-order valence-electron chi connectivity index (χ0n) is 17.3. The summed E-state index contributed by atoms with van der Waals surface area (Å²) in [4.78, 5) is 29.6. The van der Waals surface area contributed by atoms with E-state index in [2.05, 4.69) is 10.3 Å². The zero-order valence-corrected chi connectivity index (χ0v) is 18.9. The number of carbonyl (C=O) groups is 1. The van der Waals surface area contributed by atoms with Gasteiger partial charge in [0.25, 0.3) is 0 Å². The number of nitrogens with zero attached hydrogens (tertiary/aromatic N) is 3. The summed E-state index contributed by atoms with van der Waals surface area (Å²) in [6, 6.07) is 10.5. The molecular weight excluding hydrogens is 477 g/mol. The van der Waals surface area contributed by atoms with Crippen molar-refractivity contribution in [3.05, 3.63) is 80.2 Å². The number of amides is 1. The Labute approximate surface area is 195 Å². The molecule has 0 spiro atoms. The van der Waals surface area contributed by atoms with Gasteiger partial charge >= 0.3 is 11.9 Å². The van der Waals surface area contributed by atoms with Crippen LogP contribution in [0.2, 0.25) is 5.02 Å². The van der Waals surface area contributed by atoms with E-state index < -0.39 is 11.7 Å². The molecule has 0 aliphatic rings. The fraction of sp³-hybridized carbons (Fsp3) is 0.227. The van der Waals surface area contributed by atoms with Gasteiger partial charge in [0, 0.05) is 42.5 Å². The lowest BCUT2D eigenvalue weighted by molar-refractivity contribution is -0.137. The number of alkyl halides is 3. The highest BCUT2D eigenvalue weighted by atomic mass is 35.5. The first-order valence-corrected chi connectivity index (χ1v) is 11.1. The molecule has 4 aromatic rings. The molecule has 4 rings (SSSR count). The number of para-hydroxylation sites is 2. The molecule has 33 heavy (non-hydrogen) atoms. The lowest BCUT2D eigenvalue weighted by Crippen LogP contribution is -2.24. The van der Waals surface area contributed by atoms with Crippen LogP contribution in [0.5, 0.6) is 0 Å². The van der Waals surface area contributed by atoms with Crippen LogP contribution in [0.1, 0.15) is 22.4 Å².